The molecule has 1 fully saturated rings. The summed E-state index contributed by atoms with van der Waals surface area (Å²) in [6.45, 7) is 6.40. The molecule has 19 heavy (non-hydrogen) atoms. The van der Waals surface area contributed by atoms with Crippen LogP contribution in [0.25, 0.3) is 0 Å². The fourth-order valence-electron chi connectivity index (χ4n) is 1.99. The molecule has 1 aromatic heterocycles. The second-order valence-corrected chi connectivity index (χ2v) is 4.77. The molecule has 7 heteroatoms. The van der Waals surface area contributed by atoms with Crippen LogP contribution in [0.4, 0.5) is 0 Å². The number of aromatic carboxylic acids is 1. The third-order valence-corrected chi connectivity index (χ3v) is 3.24. The quantitative estimate of drug-likeness (QED) is 0.697. The van der Waals surface area contributed by atoms with Gasteiger partial charge in [-0.05, 0) is 6.42 Å². The van der Waals surface area contributed by atoms with Gasteiger partial charge >= 0.3 is 5.97 Å². The minimum Gasteiger partial charge on any atom is -0.476 e. The average molecular weight is 268 g/mol. The third-order valence-electron chi connectivity index (χ3n) is 3.24. The van der Waals surface area contributed by atoms with Crippen LogP contribution in [-0.4, -0.2) is 63.8 Å². The normalized spacial score (nSPS) is 16.5. The lowest BCUT2D eigenvalue weighted by Gasteiger charge is -2.38. The average Bonchev–Trinajstić information content (AvgIpc) is 2.80. The van der Waals surface area contributed by atoms with Crippen LogP contribution in [-0.2, 0) is 4.74 Å². The Balaban J connectivity index is 1.64. The first-order valence-corrected chi connectivity index (χ1v) is 6.66. The standard InChI is InChI=1S/C12H20N4O3/c1-2-3-5-19-6-4-15-7-10(8-15)16-9-11(12(17)18)13-14-16/h9-10H,2-8H2,1H3,(H,17,18). The number of ether oxygens (including phenoxy) is 1. The third kappa shape index (κ3) is 3.74. The number of hydrogen-bond acceptors (Lipinski definition) is 5. The highest BCUT2D eigenvalue weighted by atomic mass is 16.5. The zero-order valence-electron chi connectivity index (χ0n) is 11.2. The van der Waals surface area contributed by atoms with Gasteiger partial charge in [-0.2, -0.15) is 0 Å². The Bertz CT molecular complexity index is 415. The van der Waals surface area contributed by atoms with E-state index in [0.717, 1.165) is 45.7 Å². The van der Waals surface area contributed by atoms with Crippen LogP contribution in [0, 0.1) is 0 Å². The number of carboxylic acids is 1. The molecule has 2 heterocycles. The van der Waals surface area contributed by atoms with Gasteiger partial charge in [0.1, 0.15) is 0 Å². The van der Waals surface area contributed by atoms with Crippen molar-refractivity contribution >= 4 is 5.97 Å². The van der Waals surface area contributed by atoms with E-state index in [9.17, 15) is 4.79 Å². The molecule has 0 amide bonds. The summed E-state index contributed by atoms with van der Waals surface area (Å²) in [6, 6.07) is 0.233. The van der Waals surface area contributed by atoms with Gasteiger partial charge in [-0.25, -0.2) is 9.48 Å². The lowest BCUT2D eigenvalue weighted by atomic mass is 10.1. The van der Waals surface area contributed by atoms with Crippen molar-refractivity contribution in [3.8, 4) is 0 Å². The zero-order chi connectivity index (χ0) is 13.7. The number of hydrogen-bond donors (Lipinski definition) is 1. The van der Waals surface area contributed by atoms with Gasteiger partial charge in [-0.1, -0.05) is 18.6 Å². The van der Waals surface area contributed by atoms with Crippen molar-refractivity contribution < 1.29 is 14.6 Å². The smallest absolute Gasteiger partial charge is 0.358 e. The lowest BCUT2D eigenvalue weighted by molar-refractivity contribution is 0.0471. The summed E-state index contributed by atoms with van der Waals surface area (Å²) in [5.41, 5.74) is 0.00125. The molecular weight excluding hydrogens is 248 g/mol. The van der Waals surface area contributed by atoms with E-state index < -0.39 is 5.97 Å². The number of aromatic nitrogens is 3. The molecule has 7 nitrogen and oxygen atoms in total. The largest absolute Gasteiger partial charge is 0.476 e. The Morgan fingerprint density at radius 2 is 2.32 bits per heavy atom. The fraction of sp³-hybridized carbons (Fsp3) is 0.750. The van der Waals surface area contributed by atoms with Crippen molar-refractivity contribution in [2.24, 2.45) is 0 Å². The Labute approximate surface area is 112 Å². The molecule has 1 aliphatic rings. The Morgan fingerprint density at radius 3 is 2.95 bits per heavy atom. The predicted octanol–water partition coefficient (Wildman–Crippen LogP) is 0.650. The van der Waals surface area contributed by atoms with Crippen molar-refractivity contribution in [3.05, 3.63) is 11.9 Å². The number of carbonyl (C=O) groups is 1. The summed E-state index contributed by atoms with van der Waals surface area (Å²) in [7, 11) is 0. The lowest BCUT2D eigenvalue weighted by Crippen LogP contribution is -2.49. The molecule has 1 saturated heterocycles. The van der Waals surface area contributed by atoms with Crippen LogP contribution >= 0.6 is 0 Å². The highest BCUT2D eigenvalue weighted by molar-refractivity contribution is 5.84. The van der Waals surface area contributed by atoms with Gasteiger partial charge < -0.3 is 9.84 Å². The Morgan fingerprint density at radius 1 is 1.53 bits per heavy atom. The SMILES string of the molecule is CCCCOCCN1CC(n2cc(C(=O)O)nn2)C1. The fourth-order valence-corrected chi connectivity index (χ4v) is 1.99. The molecule has 1 aliphatic heterocycles. The topological polar surface area (TPSA) is 80.5 Å². The van der Waals surface area contributed by atoms with Crippen molar-refractivity contribution in [3.63, 3.8) is 0 Å². The first-order valence-electron chi connectivity index (χ1n) is 6.66. The highest BCUT2D eigenvalue weighted by Crippen LogP contribution is 2.19. The first-order chi connectivity index (χ1) is 9.20. The van der Waals surface area contributed by atoms with E-state index in [1.54, 1.807) is 4.68 Å². The Kier molecular flexibility index (Phi) is 4.86. The minimum absolute atomic E-state index is 0.00125. The van der Waals surface area contributed by atoms with Gasteiger partial charge in [0.15, 0.2) is 5.69 Å². The molecule has 106 valence electrons. The van der Waals surface area contributed by atoms with Gasteiger partial charge in [-0.3, -0.25) is 4.90 Å². The van der Waals surface area contributed by atoms with E-state index in [4.69, 9.17) is 9.84 Å². The number of rotatable bonds is 8. The molecule has 0 radical (unpaired) electrons. The van der Waals surface area contributed by atoms with E-state index in [0.29, 0.717) is 0 Å². The van der Waals surface area contributed by atoms with Crippen LogP contribution in [0.3, 0.4) is 0 Å². The van der Waals surface area contributed by atoms with Gasteiger partial charge in [0.05, 0.1) is 18.8 Å². The van der Waals surface area contributed by atoms with Crippen LogP contribution in [0.1, 0.15) is 36.3 Å². The first kappa shape index (κ1) is 14.0. The monoisotopic (exact) mass is 268 g/mol. The highest BCUT2D eigenvalue weighted by Gasteiger charge is 2.29. The number of likely N-dealkylation sites (tertiary alicyclic amines) is 1. The molecule has 0 unspecified atom stereocenters. The second kappa shape index (κ2) is 6.63. The minimum atomic E-state index is -1.04. The molecule has 2 rings (SSSR count). The van der Waals surface area contributed by atoms with Crippen LogP contribution in [0.5, 0.6) is 0 Å². The molecule has 1 N–H and O–H groups in total. The molecule has 0 aliphatic carbocycles. The van der Waals surface area contributed by atoms with E-state index in [1.807, 2.05) is 0 Å². The number of unbranched alkanes of at least 4 members (excludes halogenated alkanes) is 1. The molecule has 0 bridgehead atoms. The summed E-state index contributed by atoms with van der Waals surface area (Å²) in [5.74, 6) is -1.04. The second-order valence-electron chi connectivity index (χ2n) is 4.77. The van der Waals surface area contributed by atoms with E-state index >= 15 is 0 Å². The van der Waals surface area contributed by atoms with Crippen molar-refractivity contribution in [2.45, 2.75) is 25.8 Å². The van der Waals surface area contributed by atoms with Crippen LogP contribution < -0.4 is 0 Å². The molecule has 1 aromatic rings. The maximum atomic E-state index is 10.7. The summed E-state index contributed by atoms with van der Waals surface area (Å²) in [4.78, 5) is 13.0. The van der Waals surface area contributed by atoms with Gasteiger partial charge in [0.25, 0.3) is 0 Å². The van der Waals surface area contributed by atoms with Gasteiger partial charge in [0, 0.05) is 26.2 Å². The molecule has 0 saturated carbocycles. The van der Waals surface area contributed by atoms with Crippen molar-refractivity contribution in [1.82, 2.24) is 19.9 Å². The number of nitrogens with zero attached hydrogens (tertiary/aromatic N) is 4. The molecule has 0 atom stereocenters. The molecular formula is C12H20N4O3. The van der Waals surface area contributed by atoms with Crippen LogP contribution in [0.2, 0.25) is 0 Å². The van der Waals surface area contributed by atoms with Crippen molar-refractivity contribution in [1.29, 1.82) is 0 Å². The zero-order valence-corrected chi connectivity index (χ0v) is 11.2. The van der Waals surface area contributed by atoms with E-state index in [2.05, 4.69) is 22.1 Å². The van der Waals surface area contributed by atoms with Crippen LogP contribution in [0.15, 0.2) is 6.20 Å². The predicted molar refractivity (Wildman–Crippen MR) is 68.2 cm³/mol. The van der Waals surface area contributed by atoms with E-state index in [-0.39, 0.29) is 11.7 Å². The van der Waals surface area contributed by atoms with Gasteiger partial charge in [0.2, 0.25) is 0 Å². The van der Waals surface area contributed by atoms with Gasteiger partial charge in [-0.15, -0.1) is 5.10 Å². The molecule has 0 aromatic carbocycles. The maximum Gasteiger partial charge on any atom is 0.358 e. The van der Waals surface area contributed by atoms with Crippen molar-refractivity contribution in [2.75, 3.05) is 32.8 Å². The summed E-state index contributed by atoms with van der Waals surface area (Å²) in [6.07, 6.45) is 3.76. The molecule has 0 spiro atoms. The summed E-state index contributed by atoms with van der Waals surface area (Å²) in [5, 5.41) is 16.2. The van der Waals surface area contributed by atoms with E-state index in [1.165, 1.54) is 6.20 Å². The maximum absolute atomic E-state index is 10.7. The Hall–Kier alpha value is -1.47. The number of carboxylic acid groups (broad SMARTS) is 1. The summed E-state index contributed by atoms with van der Waals surface area (Å²) >= 11 is 0. The summed E-state index contributed by atoms with van der Waals surface area (Å²) < 4.78 is 7.14.